The van der Waals surface area contributed by atoms with E-state index in [1.807, 2.05) is 6.92 Å². The highest BCUT2D eigenvalue weighted by atomic mass is 32.2. The topological polar surface area (TPSA) is 102 Å². The number of rotatable bonds is 9. The summed E-state index contributed by atoms with van der Waals surface area (Å²) in [6.45, 7) is 3.40. The molecule has 2 aliphatic rings. The summed E-state index contributed by atoms with van der Waals surface area (Å²) >= 11 is 0. The maximum Gasteiger partial charge on any atom is 0.237 e. The van der Waals surface area contributed by atoms with Crippen LogP contribution in [-0.2, 0) is 14.8 Å². The van der Waals surface area contributed by atoms with Crippen LogP contribution in [0.5, 0.6) is 0 Å². The van der Waals surface area contributed by atoms with Gasteiger partial charge in [-0.25, -0.2) is 13.1 Å². The maximum absolute atomic E-state index is 12.2. The standard InChI is InChI=1S/C17H30N4O3S/c1-2-3-9-25(23,24)20-12-14-6-7-15(10-14)19-13-17(22)21-8-4-5-16(21)11-18/h14-16,19-20H,2-10,12-13H2,1H3/t14?,15?,16-/m0/s1. The van der Waals surface area contributed by atoms with Crippen LogP contribution in [0.2, 0.25) is 0 Å². The van der Waals surface area contributed by atoms with Gasteiger partial charge >= 0.3 is 0 Å². The first-order valence-corrected chi connectivity index (χ1v) is 11.0. The molecule has 0 aromatic rings. The number of likely N-dealkylation sites (tertiary alicyclic amines) is 1. The lowest BCUT2D eigenvalue weighted by Gasteiger charge is -2.21. The maximum atomic E-state index is 12.2. The largest absolute Gasteiger partial charge is 0.326 e. The minimum absolute atomic E-state index is 0.00670. The highest BCUT2D eigenvalue weighted by molar-refractivity contribution is 7.89. The summed E-state index contributed by atoms with van der Waals surface area (Å²) in [4.78, 5) is 13.9. The highest BCUT2D eigenvalue weighted by Crippen LogP contribution is 2.25. The average molecular weight is 371 g/mol. The van der Waals surface area contributed by atoms with E-state index < -0.39 is 10.0 Å². The normalized spacial score (nSPS) is 26.7. The van der Waals surface area contributed by atoms with Crippen molar-refractivity contribution in [3.05, 3.63) is 0 Å². The Balaban J connectivity index is 1.67. The Morgan fingerprint density at radius 3 is 2.84 bits per heavy atom. The van der Waals surface area contributed by atoms with Crippen molar-refractivity contribution in [1.29, 1.82) is 5.26 Å². The van der Waals surface area contributed by atoms with E-state index in [0.29, 0.717) is 25.4 Å². The number of hydrogen-bond acceptors (Lipinski definition) is 5. The lowest BCUT2D eigenvalue weighted by molar-refractivity contribution is -0.130. The molecular formula is C17H30N4O3S. The van der Waals surface area contributed by atoms with Crippen LogP contribution in [0.1, 0.15) is 51.9 Å². The molecule has 0 bridgehead atoms. The number of nitriles is 1. The quantitative estimate of drug-likeness (QED) is 0.630. The predicted molar refractivity (Wildman–Crippen MR) is 96.2 cm³/mol. The Morgan fingerprint density at radius 2 is 2.12 bits per heavy atom. The molecular weight excluding hydrogens is 340 g/mol. The Morgan fingerprint density at radius 1 is 1.32 bits per heavy atom. The molecule has 0 radical (unpaired) electrons. The smallest absolute Gasteiger partial charge is 0.237 e. The molecule has 25 heavy (non-hydrogen) atoms. The molecule has 1 aliphatic carbocycles. The summed E-state index contributed by atoms with van der Waals surface area (Å²) < 4.78 is 26.4. The number of amides is 1. The minimum Gasteiger partial charge on any atom is -0.326 e. The van der Waals surface area contributed by atoms with Gasteiger partial charge in [0, 0.05) is 19.1 Å². The van der Waals surface area contributed by atoms with Crippen LogP contribution >= 0.6 is 0 Å². The van der Waals surface area contributed by atoms with Crippen LogP contribution in [0.4, 0.5) is 0 Å². The van der Waals surface area contributed by atoms with Crippen LogP contribution in [0.15, 0.2) is 0 Å². The van der Waals surface area contributed by atoms with E-state index in [9.17, 15) is 13.2 Å². The Bertz CT molecular complexity index is 587. The number of nitrogens with zero attached hydrogens (tertiary/aromatic N) is 2. The van der Waals surface area contributed by atoms with E-state index in [1.165, 1.54) is 0 Å². The Labute approximate surface area is 151 Å². The second-order valence-electron chi connectivity index (χ2n) is 7.15. The van der Waals surface area contributed by atoms with Crippen molar-refractivity contribution in [2.45, 2.75) is 64.0 Å². The van der Waals surface area contributed by atoms with Crippen molar-refractivity contribution in [2.75, 3.05) is 25.4 Å². The minimum atomic E-state index is -3.16. The molecule has 2 rings (SSSR count). The van der Waals surface area contributed by atoms with Gasteiger partial charge in [-0.1, -0.05) is 13.3 Å². The molecule has 3 atom stereocenters. The van der Waals surface area contributed by atoms with Crippen molar-refractivity contribution < 1.29 is 13.2 Å². The van der Waals surface area contributed by atoms with Crippen LogP contribution in [0.25, 0.3) is 0 Å². The van der Waals surface area contributed by atoms with Gasteiger partial charge in [0.15, 0.2) is 0 Å². The summed E-state index contributed by atoms with van der Waals surface area (Å²) in [7, 11) is -3.16. The molecule has 1 amide bonds. The molecule has 1 aliphatic heterocycles. The van der Waals surface area contributed by atoms with Gasteiger partial charge < -0.3 is 10.2 Å². The number of sulfonamides is 1. The van der Waals surface area contributed by atoms with E-state index in [2.05, 4.69) is 16.1 Å². The van der Waals surface area contributed by atoms with E-state index >= 15 is 0 Å². The lowest BCUT2D eigenvalue weighted by atomic mass is 10.1. The molecule has 1 heterocycles. The molecule has 2 fully saturated rings. The predicted octanol–water partition coefficient (Wildman–Crippen LogP) is 0.979. The van der Waals surface area contributed by atoms with Crippen LogP contribution in [0.3, 0.4) is 0 Å². The van der Waals surface area contributed by atoms with Crippen molar-refractivity contribution >= 4 is 15.9 Å². The molecule has 2 unspecified atom stereocenters. The zero-order valence-electron chi connectivity index (χ0n) is 15.0. The monoisotopic (exact) mass is 370 g/mol. The molecule has 8 heteroatoms. The second kappa shape index (κ2) is 9.51. The van der Waals surface area contributed by atoms with Crippen LogP contribution in [0, 0.1) is 17.2 Å². The highest BCUT2D eigenvalue weighted by Gasteiger charge is 2.30. The first-order chi connectivity index (χ1) is 11.9. The van der Waals surface area contributed by atoms with Gasteiger partial charge in [0.05, 0.1) is 18.4 Å². The molecule has 7 nitrogen and oxygen atoms in total. The van der Waals surface area contributed by atoms with Crippen molar-refractivity contribution in [3.8, 4) is 6.07 Å². The fraction of sp³-hybridized carbons (Fsp3) is 0.882. The summed E-state index contributed by atoms with van der Waals surface area (Å²) in [6, 6.07) is 2.16. The molecule has 1 saturated heterocycles. The van der Waals surface area contributed by atoms with Crippen LogP contribution in [-0.4, -0.2) is 56.7 Å². The van der Waals surface area contributed by atoms with Crippen molar-refractivity contribution in [1.82, 2.24) is 14.9 Å². The average Bonchev–Trinajstić information content (AvgIpc) is 3.25. The van der Waals surface area contributed by atoms with Gasteiger partial charge in [0.1, 0.15) is 6.04 Å². The molecule has 0 spiro atoms. The van der Waals surface area contributed by atoms with Crippen LogP contribution < -0.4 is 10.0 Å². The zero-order valence-corrected chi connectivity index (χ0v) is 15.9. The molecule has 2 N–H and O–H groups in total. The van der Waals surface area contributed by atoms with Gasteiger partial charge in [0.2, 0.25) is 15.9 Å². The Hall–Kier alpha value is -1.17. The number of hydrogen-bond donors (Lipinski definition) is 2. The summed E-state index contributed by atoms with van der Waals surface area (Å²) in [5, 5.41) is 12.3. The summed E-state index contributed by atoms with van der Waals surface area (Å²) in [5.74, 6) is 0.512. The first kappa shape index (κ1) is 20.1. The van der Waals surface area contributed by atoms with E-state index in [0.717, 1.165) is 38.5 Å². The van der Waals surface area contributed by atoms with E-state index in [-0.39, 0.29) is 30.3 Å². The van der Waals surface area contributed by atoms with E-state index in [1.54, 1.807) is 4.90 Å². The van der Waals surface area contributed by atoms with Crippen molar-refractivity contribution in [2.24, 2.45) is 5.92 Å². The fourth-order valence-corrected chi connectivity index (χ4v) is 4.93. The second-order valence-corrected chi connectivity index (χ2v) is 9.08. The fourth-order valence-electron chi connectivity index (χ4n) is 3.63. The van der Waals surface area contributed by atoms with E-state index in [4.69, 9.17) is 5.26 Å². The molecule has 142 valence electrons. The van der Waals surface area contributed by atoms with Gasteiger partial charge in [-0.15, -0.1) is 0 Å². The Kier molecular flexibility index (Phi) is 7.66. The summed E-state index contributed by atoms with van der Waals surface area (Å²) in [6.07, 6.45) is 6.02. The third kappa shape index (κ3) is 6.24. The lowest BCUT2D eigenvalue weighted by Crippen LogP contribution is -2.43. The molecule has 0 aromatic carbocycles. The molecule has 0 aromatic heterocycles. The summed E-state index contributed by atoms with van der Waals surface area (Å²) in [5.41, 5.74) is 0. The zero-order chi connectivity index (χ0) is 18.3. The van der Waals surface area contributed by atoms with Crippen molar-refractivity contribution in [3.63, 3.8) is 0 Å². The molecule has 1 saturated carbocycles. The third-order valence-corrected chi connectivity index (χ3v) is 6.60. The SMILES string of the molecule is CCCCS(=O)(=O)NCC1CCC(NCC(=O)N2CCC[C@H]2C#N)C1. The number of nitrogens with one attached hydrogen (secondary N) is 2. The first-order valence-electron chi connectivity index (χ1n) is 9.35. The van der Waals surface area contributed by atoms with Gasteiger partial charge in [-0.05, 0) is 44.4 Å². The van der Waals surface area contributed by atoms with Gasteiger partial charge in [-0.3, -0.25) is 4.79 Å². The van der Waals surface area contributed by atoms with Gasteiger partial charge in [0.25, 0.3) is 0 Å². The van der Waals surface area contributed by atoms with Gasteiger partial charge in [-0.2, -0.15) is 5.26 Å². The number of carbonyl (C=O) groups is 1. The third-order valence-electron chi connectivity index (χ3n) is 5.16. The number of carbonyl (C=O) groups excluding carboxylic acids is 1. The number of unbranched alkanes of at least 4 members (excludes halogenated alkanes) is 1.